The highest BCUT2D eigenvalue weighted by molar-refractivity contribution is 6.01. The Labute approximate surface area is 125 Å². The predicted octanol–water partition coefficient (Wildman–Crippen LogP) is 2.14. The van der Waals surface area contributed by atoms with Crippen LogP contribution in [-0.2, 0) is 9.53 Å². The molecule has 1 N–H and O–H groups in total. The second-order valence-corrected chi connectivity index (χ2v) is 5.36. The summed E-state index contributed by atoms with van der Waals surface area (Å²) in [4.78, 5) is 26.4. The van der Waals surface area contributed by atoms with Gasteiger partial charge in [-0.15, -0.1) is 0 Å². The maximum atomic E-state index is 12.4. The van der Waals surface area contributed by atoms with Crippen LogP contribution in [0, 0.1) is 5.92 Å². The standard InChI is InChI=1S/C16H22N2O3/c1-3-21-16(20)13-8-4-5-9-14(13)17-15(19)12-7-6-10-18(2)11-12/h4-5,8-9,12H,3,6-7,10-11H2,1-2H3,(H,17,19)/t12-/m0/s1. The summed E-state index contributed by atoms with van der Waals surface area (Å²) in [5.41, 5.74) is 0.922. The molecular weight excluding hydrogens is 268 g/mol. The molecule has 0 spiro atoms. The molecule has 1 amide bonds. The van der Waals surface area contributed by atoms with Crippen LogP contribution in [0.4, 0.5) is 5.69 Å². The van der Waals surface area contributed by atoms with E-state index in [2.05, 4.69) is 10.2 Å². The van der Waals surface area contributed by atoms with Gasteiger partial charge in [0.05, 0.1) is 23.8 Å². The quantitative estimate of drug-likeness (QED) is 0.863. The fourth-order valence-corrected chi connectivity index (χ4v) is 2.59. The second kappa shape index (κ2) is 7.22. The van der Waals surface area contributed by atoms with E-state index < -0.39 is 5.97 Å². The number of para-hydroxylation sites is 1. The van der Waals surface area contributed by atoms with E-state index in [4.69, 9.17) is 4.74 Å². The first-order chi connectivity index (χ1) is 10.1. The molecule has 5 heteroatoms. The van der Waals surface area contributed by atoms with Crippen LogP contribution in [0.25, 0.3) is 0 Å². The van der Waals surface area contributed by atoms with Crippen molar-refractivity contribution in [3.63, 3.8) is 0 Å². The van der Waals surface area contributed by atoms with Crippen LogP contribution in [0.1, 0.15) is 30.1 Å². The Morgan fingerprint density at radius 2 is 2.14 bits per heavy atom. The summed E-state index contributed by atoms with van der Waals surface area (Å²) in [7, 11) is 2.02. The van der Waals surface area contributed by atoms with Crippen molar-refractivity contribution in [2.45, 2.75) is 19.8 Å². The van der Waals surface area contributed by atoms with Gasteiger partial charge in [0.2, 0.25) is 5.91 Å². The second-order valence-electron chi connectivity index (χ2n) is 5.36. The van der Waals surface area contributed by atoms with Crippen LogP contribution in [0.2, 0.25) is 0 Å². The average Bonchev–Trinajstić information content (AvgIpc) is 2.48. The average molecular weight is 290 g/mol. The lowest BCUT2D eigenvalue weighted by molar-refractivity contribution is -0.121. The fourth-order valence-electron chi connectivity index (χ4n) is 2.59. The molecule has 0 radical (unpaired) electrons. The van der Waals surface area contributed by atoms with Crippen molar-refractivity contribution in [2.24, 2.45) is 5.92 Å². The van der Waals surface area contributed by atoms with E-state index in [1.54, 1.807) is 31.2 Å². The summed E-state index contributed by atoms with van der Waals surface area (Å²) in [5.74, 6) is -0.466. The van der Waals surface area contributed by atoms with Gasteiger partial charge in [-0.2, -0.15) is 0 Å². The van der Waals surface area contributed by atoms with E-state index in [0.717, 1.165) is 25.9 Å². The van der Waals surface area contributed by atoms with Crippen LogP contribution in [-0.4, -0.2) is 43.5 Å². The van der Waals surface area contributed by atoms with Crippen molar-refractivity contribution in [1.82, 2.24) is 4.90 Å². The number of nitrogens with one attached hydrogen (secondary N) is 1. The highest BCUT2D eigenvalue weighted by atomic mass is 16.5. The van der Waals surface area contributed by atoms with Gasteiger partial charge in [0.25, 0.3) is 0 Å². The first-order valence-corrected chi connectivity index (χ1v) is 7.37. The Bertz CT molecular complexity index is 516. The van der Waals surface area contributed by atoms with E-state index in [-0.39, 0.29) is 11.8 Å². The summed E-state index contributed by atoms with van der Waals surface area (Å²) in [5, 5.41) is 2.87. The highest BCUT2D eigenvalue weighted by Crippen LogP contribution is 2.20. The lowest BCUT2D eigenvalue weighted by atomic mass is 9.97. The van der Waals surface area contributed by atoms with E-state index in [1.165, 1.54) is 0 Å². The summed E-state index contributed by atoms with van der Waals surface area (Å²) >= 11 is 0. The minimum Gasteiger partial charge on any atom is -0.462 e. The number of amides is 1. The lowest BCUT2D eigenvalue weighted by Gasteiger charge is -2.28. The molecule has 1 aliphatic heterocycles. The molecule has 1 aliphatic rings. The monoisotopic (exact) mass is 290 g/mol. The zero-order chi connectivity index (χ0) is 15.2. The molecule has 1 fully saturated rings. The van der Waals surface area contributed by atoms with Crippen molar-refractivity contribution in [3.8, 4) is 0 Å². The van der Waals surface area contributed by atoms with E-state index in [9.17, 15) is 9.59 Å². The number of likely N-dealkylation sites (tertiary alicyclic amines) is 1. The Hall–Kier alpha value is -1.88. The van der Waals surface area contributed by atoms with Crippen molar-refractivity contribution < 1.29 is 14.3 Å². The van der Waals surface area contributed by atoms with Gasteiger partial charge >= 0.3 is 5.97 Å². The lowest BCUT2D eigenvalue weighted by Crippen LogP contribution is -2.38. The molecule has 1 heterocycles. The van der Waals surface area contributed by atoms with Crippen LogP contribution >= 0.6 is 0 Å². The van der Waals surface area contributed by atoms with Gasteiger partial charge in [0, 0.05) is 6.54 Å². The third kappa shape index (κ3) is 4.04. The minimum atomic E-state index is -0.408. The third-order valence-electron chi connectivity index (χ3n) is 3.68. The van der Waals surface area contributed by atoms with E-state index >= 15 is 0 Å². The number of benzene rings is 1. The van der Waals surface area contributed by atoms with E-state index in [0.29, 0.717) is 17.9 Å². The number of hydrogen-bond acceptors (Lipinski definition) is 4. The molecule has 114 valence electrons. The SMILES string of the molecule is CCOC(=O)c1ccccc1NC(=O)[C@H]1CCCN(C)C1. The Kier molecular flexibility index (Phi) is 5.33. The molecular formula is C16H22N2O3. The molecule has 0 aromatic heterocycles. The van der Waals surface area contributed by atoms with Crippen LogP contribution in [0.5, 0.6) is 0 Å². The van der Waals surface area contributed by atoms with E-state index in [1.807, 2.05) is 7.05 Å². The highest BCUT2D eigenvalue weighted by Gasteiger charge is 2.25. The number of rotatable bonds is 4. The van der Waals surface area contributed by atoms with Gasteiger partial charge in [-0.1, -0.05) is 12.1 Å². The topological polar surface area (TPSA) is 58.6 Å². The smallest absolute Gasteiger partial charge is 0.340 e. The molecule has 1 aromatic carbocycles. The number of piperidine rings is 1. The summed E-state index contributed by atoms with van der Waals surface area (Å²) in [6.45, 7) is 3.86. The van der Waals surface area contributed by atoms with Gasteiger partial charge in [-0.25, -0.2) is 4.79 Å². The van der Waals surface area contributed by atoms with Crippen LogP contribution in [0.3, 0.4) is 0 Å². The van der Waals surface area contributed by atoms with Crippen molar-refractivity contribution >= 4 is 17.6 Å². The molecule has 1 saturated heterocycles. The Balaban J connectivity index is 2.08. The molecule has 0 unspecified atom stereocenters. The number of ether oxygens (including phenoxy) is 1. The minimum absolute atomic E-state index is 0.0287. The molecule has 0 saturated carbocycles. The number of hydrogen-bond donors (Lipinski definition) is 1. The molecule has 2 rings (SSSR count). The van der Waals surface area contributed by atoms with Crippen molar-refractivity contribution in [3.05, 3.63) is 29.8 Å². The first-order valence-electron chi connectivity index (χ1n) is 7.37. The number of carbonyl (C=O) groups is 2. The summed E-state index contributed by atoms with van der Waals surface area (Å²) in [6, 6.07) is 6.96. The molecule has 0 aliphatic carbocycles. The Morgan fingerprint density at radius 1 is 1.38 bits per heavy atom. The molecule has 0 bridgehead atoms. The van der Waals surface area contributed by atoms with Crippen LogP contribution in [0.15, 0.2) is 24.3 Å². The molecule has 1 aromatic rings. The largest absolute Gasteiger partial charge is 0.462 e. The predicted molar refractivity (Wildman–Crippen MR) is 81.2 cm³/mol. The molecule has 5 nitrogen and oxygen atoms in total. The summed E-state index contributed by atoms with van der Waals surface area (Å²) in [6.07, 6.45) is 1.91. The number of nitrogens with zero attached hydrogens (tertiary/aromatic N) is 1. The molecule has 21 heavy (non-hydrogen) atoms. The van der Waals surface area contributed by atoms with Gasteiger partial charge < -0.3 is 15.0 Å². The summed E-state index contributed by atoms with van der Waals surface area (Å²) < 4.78 is 5.01. The third-order valence-corrected chi connectivity index (χ3v) is 3.68. The van der Waals surface area contributed by atoms with Crippen molar-refractivity contribution in [1.29, 1.82) is 0 Å². The molecule has 1 atom stereocenters. The number of esters is 1. The number of carbonyl (C=O) groups excluding carboxylic acids is 2. The normalized spacial score (nSPS) is 19.0. The zero-order valence-electron chi connectivity index (χ0n) is 12.6. The van der Waals surface area contributed by atoms with Gasteiger partial charge in [-0.3, -0.25) is 4.79 Å². The maximum Gasteiger partial charge on any atom is 0.340 e. The Morgan fingerprint density at radius 3 is 2.86 bits per heavy atom. The van der Waals surface area contributed by atoms with Gasteiger partial charge in [0.15, 0.2) is 0 Å². The fraction of sp³-hybridized carbons (Fsp3) is 0.500. The van der Waals surface area contributed by atoms with Crippen molar-refractivity contribution in [2.75, 3.05) is 32.1 Å². The maximum absolute atomic E-state index is 12.4. The van der Waals surface area contributed by atoms with Gasteiger partial charge in [0.1, 0.15) is 0 Å². The van der Waals surface area contributed by atoms with Gasteiger partial charge in [-0.05, 0) is 45.5 Å². The first kappa shape index (κ1) is 15.5. The van der Waals surface area contributed by atoms with Crippen LogP contribution < -0.4 is 5.32 Å². The number of anilines is 1. The zero-order valence-corrected chi connectivity index (χ0v) is 12.6.